The van der Waals surface area contributed by atoms with Gasteiger partial charge in [-0.15, -0.1) is 0 Å². The van der Waals surface area contributed by atoms with E-state index in [1.54, 1.807) is 0 Å². The minimum atomic E-state index is -0.251. The summed E-state index contributed by atoms with van der Waals surface area (Å²) in [5.74, 6) is 1.05. The zero-order valence-electron chi connectivity index (χ0n) is 7.33. The van der Waals surface area contributed by atoms with E-state index in [1.807, 2.05) is 11.8 Å². The Morgan fingerprint density at radius 3 is 2.75 bits per heavy atom. The van der Waals surface area contributed by atoms with Crippen molar-refractivity contribution in [1.29, 1.82) is 5.26 Å². The first-order valence-electron chi connectivity index (χ1n) is 4.59. The maximum Gasteiger partial charge on any atom is 0.0935 e. The van der Waals surface area contributed by atoms with Crippen molar-refractivity contribution in [2.24, 2.45) is 5.73 Å². The van der Waals surface area contributed by atoms with E-state index in [4.69, 9.17) is 11.0 Å². The summed E-state index contributed by atoms with van der Waals surface area (Å²) in [6.45, 7) is 0. The van der Waals surface area contributed by atoms with Crippen molar-refractivity contribution in [3.8, 4) is 6.07 Å². The van der Waals surface area contributed by atoms with E-state index >= 15 is 0 Å². The van der Waals surface area contributed by atoms with Crippen LogP contribution in [0.15, 0.2) is 0 Å². The zero-order valence-corrected chi connectivity index (χ0v) is 8.15. The summed E-state index contributed by atoms with van der Waals surface area (Å²) in [7, 11) is 0. The van der Waals surface area contributed by atoms with E-state index in [9.17, 15) is 0 Å². The number of thioether (sulfide) groups is 1. The maximum absolute atomic E-state index is 8.44. The third-order valence-electron chi connectivity index (χ3n) is 2.25. The number of hydrogen-bond acceptors (Lipinski definition) is 3. The van der Waals surface area contributed by atoms with E-state index in [0.717, 1.165) is 17.4 Å². The first-order valence-corrected chi connectivity index (χ1v) is 5.64. The SMILES string of the molecule is N#CC(N)CCSC1CCCC1. The molecule has 12 heavy (non-hydrogen) atoms. The van der Waals surface area contributed by atoms with Gasteiger partial charge in [0.15, 0.2) is 0 Å². The van der Waals surface area contributed by atoms with Crippen LogP contribution in [-0.4, -0.2) is 17.0 Å². The molecule has 68 valence electrons. The molecule has 1 unspecified atom stereocenters. The van der Waals surface area contributed by atoms with Crippen molar-refractivity contribution in [2.75, 3.05) is 5.75 Å². The topological polar surface area (TPSA) is 49.8 Å². The lowest BCUT2D eigenvalue weighted by molar-refractivity contribution is 0.798. The number of hydrogen-bond donors (Lipinski definition) is 1. The predicted octanol–water partition coefficient (Wildman–Crippen LogP) is 1.90. The lowest BCUT2D eigenvalue weighted by Crippen LogP contribution is -2.18. The average molecular weight is 184 g/mol. The molecular formula is C9H16N2S. The molecule has 1 aliphatic carbocycles. The molecule has 0 amide bonds. The molecule has 0 aromatic carbocycles. The van der Waals surface area contributed by atoms with Crippen LogP contribution in [0.2, 0.25) is 0 Å². The first kappa shape index (κ1) is 9.88. The fourth-order valence-electron chi connectivity index (χ4n) is 1.48. The highest BCUT2D eigenvalue weighted by atomic mass is 32.2. The van der Waals surface area contributed by atoms with Crippen LogP contribution in [0, 0.1) is 11.3 Å². The lowest BCUT2D eigenvalue weighted by atomic mass is 10.3. The summed E-state index contributed by atoms with van der Waals surface area (Å²) in [6, 6.07) is 1.80. The van der Waals surface area contributed by atoms with Gasteiger partial charge in [-0.2, -0.15) is 17.0 Å². The summed E-state index contributed by atoms with van der Waals surface area (Å²) < 4.78 is 0. The van der Waals surface area contributed by atoms with Gasteiger partial charge in [0.05, 0.1) is 12.1 Å². The Balaban J connectivity index is 1.98. The van der Waals surface area contributed by atoms with E-state index in [1.165, 1.54) is 25.7 Å². The third kappa shape index (κ3) is 3.46. The highest BCUT2D eigenvalue weighted by Crippen LogP contribution is 2.29. The molecular weight excluding hydrogens is 168 g/mol. The summed E-state index contributed by atoms with van der Waals surface area (Å²) in [5.41, 5.74) is 5.48. The predicted molar refractivity (Wildman–Crippen MR) is 52.9 cm³/mol. The Morgan fingerprint density at radius 2 is 2.17 bits per heavy atom. The molecule has 2 nitrogen and oxygen atoms in total. The van der Waals surface area contributed by atoms with Crippen LogP contribution >= 0.6 is 11.8 Å². The van der Waals surface area contributed by atoms with Crippen LogP contribution in [0.1, 0.15) is 32.1 Å². The second-order valence-corrected chi connectivity index (χ2v) is 4.71. The Hall–Kier alpha value is -0.200. The molecule has 0 aromatic heterocycles. The fourth-order valence-corrected chi connectivity index (χ4v) is 2.87. The van der Waals surface area contributed by atoms with Crippen molar-refractivity contribution in [3.05, 3.63) is 0 Å². The van der Waals surface area contributed by atoms with Gasteiger partial charge in [0.25, 0.3) is 0 Å². The Kier molecular flexibility index (Phi) is 4.49. The number of nitrogens with two attached hydrogens (primary N) is 1. The second kappa shape index (κ2) is 5.45. The minimum Gasteiger partial charge on any atom is -0.316 e. The normalized spacial score (nSPS) is 20.7. The fraction of sp³-hybridized carbons (Fsp3) is 0.889. The van der Waals surface area contributed by atoms with Crippen molar-refractivity contribution in [2.45, 2.75) is 43.4 Å². The maximum atomic E-state index is 8.44. The molecule has 0 aromatic rings. The van der Waals surface area contributed by atoms with Crippen LogP contribution in [0.3, 0.4) is 0 Å². The lowest BCUT2D eigenvalue weighted by Gasteiger charge is -2.08. The van der Waals surface area contributed by atoms with E-state index in [0.29, 0.717) is 0 Å². The molecule has 1 atom stereocenters. The third-order valence-corrected chi connectivity index (χ3v) is 3.66. The molecule has 2 N–H and O–H groups in total. The van der Waals surface area contributed by atoms with Gasteiger partial charge < -0.3 is 5.73 Å². The summed E-state index contributed by atoms with van der Waals surface area (Å²) in [5, 5.41) is 9.30. The minimum absolute atomic E-state index is 0.251. The first-order chi connectivity index (χ1) is 5.83. The van der Waals surface area contributed by atoms with E-state index in [2.05, 4.69) is 6.07 Å². The van der Waals surface area contributed by atoms with Gasteiger partial charge in [0, 0.05) is 5.25 Å². The van der Waals surface area contributed by atoms with Gasteiger partial charge in [-0.05, 0) is 25.0 Å². The van der Waals surface area contributed by atoms with Crippen molar-refractivity contribution >= 4 is 11.8 Å². The monoisotopic (exact) mass is 184 g/mol. The van der Waals surface area contributed by atoms with E-state index < -0.39 is 0 Å². The molecule has 0 spiro atoms. The van der Waals surface area contributed by atoms with Gasteiger partial charge in [-0.1, -0.05) is 12.8 Å². The molecule has 1 rings (SSSR count). The van der Waals surface area contributed by atoms with Gasteiger partial charge in [-0.25, -0.2) is 0 Å². The van der Waals surface area contributed by atoms with Gasteiger partial charge in [0.1, 0.15) is 0 Å². The molecule has 1 aliphatic rings. The van der Waals surface area contributed by atoms with Crippen molar-refractivity contribution in [3.63, 3.8) is 0 Å². The van der Waals surface area contributed by atoms with E-state index in [-0.39, 0.29) is 6.04 Å². The van der Waals surface area contributed by atoms with Crippen LogP contribution < -0.4 is 5.73 Å². The highest BCUT2D eigenvalue weighted by molar-refractivity contribution is 7.99. The highest BCUT2D eigenvalue weighted by Gasteiger charge is 2.15. The Bertz CT molecular complexity index is 158. The molecule has 1 fully saturated rings. The smallest absolute Gasteiger partial charge is 0.0935 e. The van der Waals surface area contributed by atoms with Gasteiger partial charge >= 0.3 is 0 Å². The van der Waals surface area contributed by atoms with Gasteiger partial charge in [0.2, 0.25) is 0 Å². The molecule has 0 bridgehead atoms. The molecule has 0 heterocycles. The summed E-state index contributed by atoms with van der Waals surface area (Å²) >= 11 is 2.00. The van der Waals surface area contributed by atoms with Crippen molar-refractivity contribution in [1.82, 2.24) is 0 Å². The van der Waals surface area contributed by atoms with Crippen LogP contribution in [0.4, 0.5) is 0 Å². The number of nitrogens with zero attached hydrogens (tertiary/aromatic N) is 1. The Morgan fingerprint density at radius 1 is 1.50 bits per heavy atom. The van der Waals surface area contributed by atoms with Gasteiger partial charge in [-0.3, -0.25) is 0 Å². The zero-order chi connectivity index (χ0) is 8.81. The molecule has 0 saturated heterocycles. The Labute approximate surface area is 78.5 Å². The molecule has 1 saturated carbocycles. The standard InChI is InChI=1S/C9H16N2S/c10-7-8(11)5-6-12-9-3-1-2-4-9/h8-9H,1-6,11H2. The largest absolute Gasteiger partial charge is 0.316 e. The average Bonchev–Trinajstić information content (AvgIpc) is 2.57. The number of rotatable bonds is 4. The number of nitriles is 1. The second-order valence-electron chi connectivity index (χ2n) is 3.30. The van der Waals surface area contributed by atoms with Crippen molar-refractivity contribution < 1.29 is 0 Å². The summed E-state index contributed by atoms with van der Waals surface area (Å²) in [4.78, 5) is 0. The van der Waals surface area contributed by atoms with Crippen LogP contribution in [0.5, 0.6) is 0 Å². The van der Waals surface area contributed by atoms with Crippen LogP contribution in [0.25, 0.3) is 0 Å². The quantitative estimate of drug-likeness (QED) is 0.726. The molecule has 0 aliphatic heterocycles. The summed E-state index contributed by atoms with van der Waals surface area (Å²) in [6.07, 6.45) is 6.36. The molecule has 0 radical (unpaired) electrons. The van der Waals surface area contributed by atoms with Crippen LogP contribution in [-0.2, 0) is 0 Å². The molecule has 3 heteroatoms.